The van der Waals surface area contributed by atoms with E-state index in [1.165, 1.54) is 23.1 Å². The number of hydrogen-bond acceptors (Lipinski definition) is 2. The molecule has 0 heterocycles. The van der Waals surface area contributed by atoms with Crippen molar-refractivity contribution in [1.82, 2.24) is 4.90 Å². The number of aryl methyl sites for hydroxylation is 3. The van der Waals surface area contributed by atoms with Crippen LogP contribution in [0.4, 0.5) is 0 Å². The summed E-state index contributed by atoms with van der Waals surface area (Å²) in [7, 11) is 5.97. The second-order valence-corrected chi connectivity index (χ2v) is 4.67. The van der Waals surface area contributed by atoms with E-state index in [4.69, 9.17) is 4.74 Å². The lowest BCUT2D eigenvalue weighted by Crippen LogP contribution is -2.13. The fraction of sp³-hybridized carbons (Fsp3) is 0.571. The zero-order valence-corrected chi connectivity index (χ0v) is 11.1. The molecule has 2 nitrogen and oxygen atoms in total. The van der Waals surface area contributed by atoms with Crippen molar-refractivity contribution in [2.24, 2.45) is 0 Å². The van der Waals surface area contributed by atoms with Crippen molar-refractivity contribution in [2.75, 3.05) is 27.7 Å². The first-order valence-corrected chi connectivity index (χ1v) is 5.83. The highest BCUT2D eigenvalue weighted by Crippen LogP contribution is 2.24. The lowest BCUT2D eigenvalue weighted by atomic mass is 10.0. The maximum atomic E-state index is 5.37. The lowest BCUT2D eigenvalue weighted by molar-refractivity contribution is 0.399. The van der Waals surface area contributed by atoms with Crippen molar-refractivity contribution in [1.29, 1.82) is 0 Å². The van der Waals surface area contributed by atoms with E-state index in [0.29, 0.717) is 0 Å². The summed E-state index contributed by atoms with van der Waals surface area (Å²) < 4.78 is 5.37. The molecule has 16 heavy (non-hydrogen) atoms. The van der Waals surface area contributed by atoms with Gasteiger partial charge in [0.25, 0.3) is 0 Å². The first-order valence-electron chi connectivity index (χ1n) is 5.83. The molecule has 0 spiro atoms. The van der Waals surface area contributed by atoms with Gasteiger partial charge in [0, 0.05) is 0 Å². The molecule has 0 amide bonds. The van der Waals surface area contributed by atoms with Gasteiger partial charge in [-0.15, -0.1) is 0 Å². The van der Waals surface area contributed by atoms with Crippen molar-refractivity contribution in [3.63, 3.8) is 0 Å². The van der Waals surface area contributed by atoms with Crippen LogP contribution in [0.15, 0.2) is 12.1 Å². The molecule has 0 atom stereocenters. The molecule has 0 saturated heterocycles. The van der Waals surface area contributed by atoms with Crippen LogP contribution >= 0.6 is 0 Å². The van der Waals surface area contributed by atoms with Crippen molar-refractivity contribution >= 4 is 0 Å². The Morgan fingerprint density at radius 2 is 1.69 bits per heavy atom. The van der Waals surface area contributed by atoms with Crippen LogP contribution in [0, 0.1) is 13.8 Å². The van der Waals surface area contributed by atoms with Gasteiger partial charge in [-0.2, -0.15) is 0 Å². The standard InChI is InChI=1S/C14H23NO/c1-11-9-13(7-6-8-15(3)4)10-12(2)14(11)16-5/h9-10H,6-8H2,1-5H3. The second-order valence-electron chi connectivity index (χ2n) is 4.67. The summed E-state index contributed by atoms with van der Waals surface area (Å²) in [6.45, 7) is 5.37. The van der Waals surface area contributed by atoms with E-state index >= 15 is 0 Å². The largest absolute Gasteiger partial charge is 0.496 e. The Kier molecular flexibility index (Phi) is 4.81. The number of benzene rings is 1. The van der Waals surface area contributed by atoms with Gasteiger partial charge in [0.2, 0.25) is 0 Å². The summed E-state index contributed by atoms with van der Waals surface area (Å²) in [4.78, 5) is 2.23. The molecule has 0 unspecified atom stereocenters. The third kappa shape index (κ3) is 3.53. The van der Waals surface area contributed by atoms with Gasteiger partial charge >= 0.3 is 0 Å². The average molecular weight is 221 g/mol. The molecule has 90 valence electrons. The Bertz CT molecular complexity index is 322. The smallest absolute Gasteiger partial charge is 0.124 e. The fourth-order valence-electron chi connectivity index (χ4n) is 2.11. The summed E-state index contributed by atoms with van der Waals surface area (Å²) in [5.41, 5.74) is 3.89. The van der Waals surface area contributed by atoms with Crippen molar-refractivity contribution < 1.29 is 4.74 Å². The van der Waals surface area contributed by atoms with Crippen LogP contribution < -0.4 is 4.74 Å². The Labute approximate surface area is 99.2 Å². The molecule has 0 radical (unpaired) electrons. The highest BCUT2D eigenvalue weighted by atomic mass is 16.5. The minimum atomic E-state index is 1.02. The highest BCUT2D eigenvalue weighted by molar-refractivity contribution is 5.43. The summed E-state index contributed by atoms with van der Waals surface area (Å²) in [6, 6.07) is 4.48. The predicted octanol–water partition coefficient (Wildman–Crippen LogP) is 2.81. The molecule has 0 bridgehead atoms. The van der Waals surface area contributed by atoms with Gasteiger partial charge in [-0.3, -0.25) is 0 Å². The molecule has 1 aromatic rings. The van der Waals surface area contributed by atoms with Gasteiger partial charge in [-0.1, -0.05) is 12.1 Å². The molecule has 0 aliphatic heterocycles. The summed E-state index contributed by atoms with van der Waals surface area (Å²) in [5.74, 6) is 1.02. The third-order valence-corrected chi connectivity index (χ3v) is 2.80. The molecular weight excluding hydrogens is 198 g/mol. The first-order chi connectivity index (χ1) is 7.54. The quantitative estimate of drug-likeness (QED) is 0.758. The Morgan fingerprint density at radius 1 is 1.12 bits per heavy atom. The van der Waals surface area contributed by atoms with Crippen molar-refractivity contribution in [2.45, 2.75) is 26.7 Å². The highest BCUT2D eigenvalue weighted by Gasteiger charge is 2.05. The molecular formula is C14H23NO. The van der Waals surface area contributed by atoms with Crippen LogP contribution in [0.5, 0.6) is 5.75 Å². The van der Waals surface area contributed by atoms with E-state index in [-0.39, 0.29) is 0 Å². The monoisotopic (exact) mass is 221 g/mol. The van der Waals surface area contributed by atoms with Gasteiger partial charge in [-0.05, 0) is 64.0 Å². The lowest BCUT2D eigenvalue weighted by Gasteiger charge is -2.12. The van der Waals surface area contributed by atoms with E-state index in [9.17, 15) is 0 Å². The maximum Gasteiger partial charge on any atom is 0.124 e. The molecule has 0 aromatic heterocycles. The minimum Gasteiger partial charge on any atom is -0.496 e. The van der Waals surface area contributed by atoms with Crippen LogP contribution in [0.1, 0.15) is 23.1 Å². The third-order valence-electron chi connectivity index (χ3n) is 2.80. The van der Waals surface area contributed by atoms with Crippen molar-refractivity contribution in [3.05, 3.63) is 28.8 Å². The number of methoxy groups -OCH3 is 1. The van der Waals surface area contributed by atoms with Crippen LogP contribution in [0.3, 0.4) is 0 Å². The van der Waals surface area contributed by atoms with Crippen LogP contribution in [-0.2, 0) is 6.42 Å². The zero-order valence-electron chi connectivity index (χ0n) is 11.1. The fourth-order valence-corrected chi connectivity index (χ4v) is 2.11. The van der Waals surface area contributed by atoms with E-state index in [1.807, 2.05) is 0 Å². The first kappa shape index (κ1) is 13.0. The van der Waals surface area contributed by atoms with Gasteiger partial charge in [0.15, 0.2) is 0 Å². The number of rotatable bonds is 5. The molecule has 0 saturated carbocycles. The van der Waals surface area contributed by atoms with Crippen molar-refractivity contribution in [3.8, 4) is 5.75 Å². The molecule has 2 heteroatoms. The molecule has 0 N–H and O–H groups in total. The minimum absolute atomic E-state index is 1.02. The maximum absolute atomic E-state index is 5.37. The van der Waals surface area contributed by atoms with Gasteiger partial charge in [-0.25, -0.2) is 0 Å². The van der Waals surface area contributed by atoms with Gasteiger partial charge < -0.3 is 9.64 Å². The van der Waals surface area contributed by atoms with E-state index in [2.05, 4.69) is 45.0 Å². The number of nitrogens with zero attached hydrogens (tertiary/aromatic N) is 1. The normalized spacial score (nSPS) is 10.9. The Balaban J connectivity index is 2.68. The predicted molar refractivity (Wildman–Crippen MR) is 69.3 cm³/mol. The molecule has 0 fully saturated rings. The Morgan fingerprint density at radius 3 is 2.12 bits per heavy atom. The van der Waals surface area contributed by atoms with Gasteiger partial charge in [0.1, 0.15) is 5.75 Å². The van der Waals surface area contributed by atoms with Gasteiger partial charge in [0.05, 0.1) is 7.11 Å². The molecule has 0 aliphatic rings. The molecule has 0 aliphatic carbocycles. The topological polar surface area (TPSA) is 12.5 Å². The molecule has 1 rings (SSSR count). The van der Waals surface area contributed by atoms with Crippen LogP contribution in [0.2, 0.25) is 0 Å². The van der Waals surface area contributed by atoms with E-state index < -0.39 is 0 Å². The number of hydrogen-bond donors (Lipinski definition) is 0. The Hall–Kier alpha value is -1.02. The second kappa shape index (κ2) is 5.90. The summed E-state index contributed by atoms with van der Waals surface area (Å²) in [6.07, 6.45) is 2.35. The average Bonchev–Trinajstić information content (AvgIpc) is 2.16. The van der Waals surface area contributed by atoms with E-state index in [1.54, 1.807) is 7.11 Å². The summed E-state index contributed by atoms with van der Waals surface area (Å²) >= 11 is 0. The van der Waals surface area contributed by atoms with Crippen LogP contribution in [-0.4, -0.2) is 32.6 Å². The zero-order chi connectivity index (χ0) is 12.1. The van der Waals surface area contributed by atoms with Crippen LogP contribution in [0.25, 0.3) is 0 Å². The molecule has 1 aromatic carbocycles. The summed E-state index contributed by atoms with van der Waals surface area (Å²) in [5, 5.41) is 0. The van der Waals surface area contributed by atoms with E-state index in [0.717, 1.165) is 18.7 Å². The number of ether oxygens (including phenoxy) is 1. The SMILES string of the molecule is COc1c(C)cc(CCCN(C)C)cc1C.